The number of nitrogens with one attached hydrogen (secondary N) is 2. The number of nitro groups is 1. The van der Waals surface area contributed by atoms with Crippen molar-refractivity contribution in [2.75, 3.05) is 0 Å². The van der Waals surface area contributed by atoms with Crippen LogP contribution in [0.15, 0.2) is 53.7 Å². The van der Waals surface area contributed by atoms with Crippen LogP contribution in [0.1, 0.15) is 10.4 Å². The summed E-state index contributed by atoms with van der Waals surface area (Å²) in [6, 6.07) is 7.07. The summed E-state index contributed by atoms with van der Waals surface area (Å²) in [4.78, 5) is 27.0. The molecule has 0 aliphatic rings. The molecule has 1 amide bonds. The number of benzene rings is 1. The fourth-order valence-corrected chi connectivity index (χ4v) is 2.33. The van der Waals surface area contributed by atoms with Gasteiger partial charge in [-0.05, 0) is 24.3 Å². The van der Waals surface area contributed by atoms with E-state index in [9.17, 15) is 23.3 Å². The Bertz CT molecular complexity index is 790. The van der Waals surface area contributed by atoms with Gasteiger partial charge in [0.1, 0.15) is 0 Å². The molecule has 2 rings (SSSR count). The molecule has 0 atom stereocenters. The number of hydrogen-bond acceptors (Lipinski definition) is 6. The maximum atomic E-state index is 11.9. The minimum atomic E-state index is -4.03. The third kappa shape index (κ3) is 3.62. The number of amides is 1. The van der Waals surface area contributed by atoms with E-state index in [2.05, 4.69) is 4.98 Å². The van der Waals surface area contributed by atoms with Crippen LogP contribution in [0.2, 0.25) is 0 Å². The van der Waals surface area contributed by atoms with Crippen LogP contribution in [-0.4, -0.2) is 24.2 Å². The second-order valence-electron chi connectivity index (χ2n) is 4.05. The fourth-order valence-electron chi connectivity index (χ4n) is 1.49. The highest BCUT2D eigenvalue weighted by atomic mass is 32.2. The zero-order chi connectivity index (χ0) is 16.2. The van der Waals surface area contributed by atoms with Crippen LogP contribution in [0.3, 0.4) is 0 Å². The second kappa shape index (κ2) is 6.28. The molecule has 9 nitrogen and oxygen atoms in total. The summed E-state index contributed by atoms with van der Waals surface area (Å²) in [6.45, 7) is 0. The van der Waals surface area contributed by atoms with Crippen molar-refractivity contribution < 1.29 is 18.1 Å². The van der Waals surface area contributed by atoms with Crippen molar-refractivity contribution >= 4 is 21.6 Å². The molecule has 1 aromatic heterocycles. The first-order chi connectivity index (χ1) is 10.4. The topological polar surface area (TPSA) is 131 Å². The summed E-state index contributed by atoms with van der Waals surface area (Å²) < 4.78 is 23.9. The van der Waals surface area contributed by atoms with Gasteiger partial charge in [-0.3, -0.25) is 25.3 Å². The summed E-state index contributed by atoms with van der Waals surface area (Å²) in [5.41, 5.74) is 2.02. The molecule has 0 spiro atoms. The van der Waals surface area contributed by atoms with E-state index < -0.39 is 20.9 Å². The Morgan fingerprint density at radius 3 is 2.23 bits per heavy atom. The van der Waals surface area contributed by atoms with Gasteiger partial charge in [-0.25, -0.2) is 8.42 Å². The molecule has 1 heterocycles. The Morgan fingerprint density at radius 2 is 1.68 bits per heavy atom. The van der Waals surface area contributed by atoms with Crippen molar-refractivity contribution in [2.45, 2.75) is 4.90 Å². The van der Waals surface area contributed by atoms with Gasteiger partial charge in [0.25, 0.3) is 21.6 Å². The first kappa shape index (κ1) is 15.5. The van der Waals surface area contributed by atoms with Gasteiger partial charge in [-0.2, -0.15) is 0 Å². The van der Waals surface area contributed by atoms with Crippen molar-refractivity contribution in [1.29, 1.82) is 0 Å². The smallest absolute Gasteiger partial charge is 0.269 e. The fraction of sp³-hybridized carbons (Fsp3) is 0. The molecule has 22 heavy (non-hydrogen) atoms. The number of pyridine rings is 1. The summed E-state index contributed by atoms with van der Waals surface area (Å²) in [5, 5.41) is 10.5. The zero-order valence-electron chi connectivity index (χ0n) is 11.0. The number of nitro benzene ring substituents is 1. The quantitative estimate of drug-likeness (QED) is 0.612. The SMILES string of the molecule is O=C(NNS(=O)(=O)c1ccc([N+](=O)[O-])cc1)c1ccncc1. The number of nitrogens with zero attached hydrogens (tertiary/aromatic N) is 2. The molecule has 0 aliphatic heterocycles. The molecule has 0 fully saturated rings. The van der Waals surface area contributed by atoms with E-state index >= 15 is 0 Å². The third-order valence-electron chi connectivity index (χ3n) is 2.60. The molecular weight excluding hydrogens is 312 g/mol. The van der Waals surface area contributed by atoms with Crippen LogP contribution in [0.25, 0.3) is 0 Å². The maximum Gasteiger partial charge on any atom is 0.269 e. The Labute approximate surface area is 125 Å². The molecular formula is C12H10N4O5S. The highest BCUT2D eigenvalue weighted by molar-refractivity contribution is 7.89. The largest absolute Gasteiger partial charge is 0.273 e. The molecule has 0 saturated heterocycles. The van der Waals surface area contributed by atoms with Crippen LogP contribution in [0.4, 0.5) is 5.69 Å². The summed E-state index contributed by atoms with van der Waals surface area (Å²) in [7, 11) is -4.03. The van der Waals surface area contributed by atoms with E-state index in [1.54, 1.807) is 0 Å². The van der Waals surface area contributed by atoms with Gasteiger partial charge in [0, 0.05) is 30.1 Å². The molecule has 114 valence electrons. The molecule has 0 bridgehead atoms. The molecule has 10 heteroatoms. The Kier molecular flexibility index (Phi) is 4.44. The van der Waals surface area contributed by atoms with Crippen molar-refractivity contribution in [2.24, 2.45) is 0 Å². The number of sulfonamides is 1. The number of hydrogen-bond donors (Lipinski definition) is 2. The summed E-state index contributed by atoms with van der Waals surface area (Å²) >= 11 is 0. The lowest BCUT2D eigenvalue weighted by atomic mass is 10.3. The van der Waals surface area contributed by atoms with Crippen LogP contribution >= 0.6 is 0 Å². The van der Waals surface area contributed by atoms with Crippen LogP contribution < -0.4 is 10.3 Å². The normalized spacial score (nSPS) is 10.9. The predicted octanol–water partition coefficient (Wildman–Crippen LogP) is 0.613. The van der Waals surface area contributed by atoms with Gasteiger partial charge in [0.2, 0.25) is 0 Å². The molecule has 2 N–H and O–H groups in total. The van der Waals surface area contributed by atoms with Gasteiger partial charge >= 0.3 is 0 Å². The van der Waals surface area contributed by atoms with Crippen molar-refractivity contribution in [3.8, 4) is 0 Å². The summed E-state index contributed by atoms with van der Waals surface area (Å²) in [5.74, 6) is -0.659. The molecule has 1 aromatic carbocycles. The minimum absolute atomic E-state index is 0.215. The zero-order valence-corrected chi connectivity index (χ0v) is 11.8. The summed E-state index contributed by atoms with van der Waals surface area (Å²) in [6.07, 6.45) is 2.78. The highest BCUT2D eigenvalue weighted by Gasteiger charge is 2.17. The van der Waals surface area contributed by atoms with E-state index in [0.717, 1.165) is 24.3 Å². The Morgan fingerprint density at radius 1 is 1.09 bits per heavy atom. The maximum absolute atomic E-state index is 11.9. The average molecular weight is 322 g/mol. The van der Waals surface area contributed by atoms with E-state index in [0.29, 0.717) is 0 Å². The first-order valence-electron chi connectivity index (χ1n) is 5.87. The number of rotatable bonds is 5. The number of hydrazine groups is 1. The van der Waals surface area contributed by atoms with Gasteiger partial charge < -0.3 is 0 Å². The second-order valence-corrected chi connectivity index (χ2v) is 5.73. The average Bonchev–Trinajstić information content (AvgIpc) is 2.53. The molecule has 0 unspecified atom stereocenters. The van der Waals surface area contributed by atoms with E-state index in [4.69, 9.17) is 0 Å². The molecule has 0 saturated carbocycles. The number of carbonyl (C=O) groups excluding carboxylic acids is 1. The van der Waals surface area contributed by atoms with Gasteiger partial charge in [0.05, 0.1) is 9.82 Å². The minimum Gasteiger partial charge on any atom is -0.273 e. The monoisotopic (exact) mass is 322 g/mol. The number of carbonyl (C=O) groups is 1. The standard InChI is InChI=1S/C12H10N4O5S/c17-12(9-5-7-13-8-6-9)14-15-22(20,21)11-3-1-10(2-4-11)16(18)19/h1-8,15H,(H,14,17). The van der Waals surface area contributed by atoms with Crippen molar-refractivity contribution in [3.05, 3.63) is 64.5 Å². The Hall–Kier alpha value is -2.85. The van der Waals surface area contributed by atoms with Crippen LogP contribution in [-0.2, 0) is 10.0 Å². The number of non-ortho nitro benzene ring substituents is 1. The number of aromatic nitrogens is 1. The van der Waals surface area contributed by atoms with E-state index in [-0.39, 0.29) is 16.1 Å². The van der Waals surface area contributed by atoms with Gasteiger partial charge in [0.15, 0.2) is 0 Å². The van der Waals surface area contributed by atoms with Crippen LogP contribution in [0.5, 0.6) is 0 Å². The molecule has 2 aromatic rings. The van der Waals surface area contributed by atoms with Crippen molar-refractivity contribution in [3.63, 3.8) is 0 Å². The van der Waals surface area contributed by atoms with Crippen LogP contribution in [0, 0.1) is 10.1 Å². The lowest BCUT2D eigenvalue weighted by Crippen LogP contribution is -2.41. The highest BCUT2D eigenvalue weighted by Crippen LogP contribution is 2.15. The lowest BCUT2D eigenvalue weighted by Gasteiger charge is -2.08. The van der Waals surface area contributed by atoms with Crippen molar-refractivity contribution in [1.82, 2.24) is 15.2 Å². The first-order valence-corrected chi connectivity index (χ1v) is 7.35. The Balaban J connectivity index is 2.08. The van der Waals surface area contributed by atoms with Gasteiger partial charge in [-0.15, -0.1) is 4.83 Å². The van der Waals surface area contributed by atoms with Gasteiger partial charge in [-0.1, -0.05) is 0 Å². The lowest BCUT2D eigenvalue weighted by molar-refractivity contribution is -0.384. The van der Waals surface area contributed by atoms with E-state index in [1.807, 2.05) is 10.3 Å². The molecule has 0 aliphatic carbocycles. The third-order valence-corrected chi connectivity index (χ3v) is 3.86. The molecule has 0 radical (unpaired) electrons. The van der Waals surface area contributed by atoms with E-state index in [1.165, 1.54) is 24.5 Å². The predicted molar refractivity (Wildman–Crippen MR) is 75.1 cm³/mol.